The summed E-state index contributed by atoms with van der Waals surface area (Å²) in [5.41, 5.74) is 0.884. The van der Waals surface area contributed by atoms with Crippen LogP contribution in [0.5, 0.6) is 0 Å². The van der Waals surface area contributed by atoms with Crippen molar-refractivity contribution >= 4 is 28.4 Å². The van der Waals surface area contributed by atoms with Crippen LogP contribution < -0.4 is 9.80 Å². The Morgan fingerprint density at radius 3 is 2.79 bits per heavy atom. The molecule has 0 aromatic carbocycles. The monoisotopic (exact) mass is 345 g/mol. The van der Waals surface area contributed by atoms with Crippen molar-refractivity contribution in [3.05, 3.63) is 18.2 Å². The van der Waals surface area contributed by atoms with E-state index in [1.165, 1.54) is 24.4 Å². The lowest BCUT2D eigenvalue weighted by Gasteiger charge is -2.38. The molecule has 0 atom stereocenters. The van der Waals surface area contributed by atoms with E-state index in [2.05, 4.69) is 19.4 Å². The number of hydrogen-bond donors (Lipinski definition) is 0. The molecule has 0 spiro atoms. The van der Waals surface area contributed by atoms with Gasteiger partial charge in [-0.15, -0.1) is 0 Å². The van der Waals surface area contributed by atoms with E-state index in [4.69, 9.17) is 0 Å². The van der Waals surface area contributed by atoms with Gasteiger partial charge in [0.2, 0.25) is 5.13 Å². The smallest absolute Gasteiger partial charge is 0.324 e. The Morgan fingerprint density at radius 2 is 2.08 bits per heavy atom. The Morgan fingerprint density at radius 1 is 1.25 bits per heavy atom. The quantitative estimate of drug-likeness (QED) is 0.841. The van der Waals surface area contributed by atoms with Gasteiger partial charge >= 0.3 is 6.03 Å². The maximum atomic E-state index is 12.1. The highest BCUT2D eigenvalue weighted by atomic mass is 32.1. The Labute approximate surface area is 143 Å². The van der Waals surface area contributed by atoms with E-state index in [1.54, 1.807) is 16.0 Å². The summed E-state index contributed by atoms with van der Waals surface area (Å²) in [7, 11) is 1.83. The Bertz CT molecular complexity index is 776. The van der Waals surface area contributed by atoms with Crippen molar-refractivity contribution in [1.29, 1.82) is 0 Å². The predicted molar refractivity (Wildman–Crippen MR) is 90.7 cm³/mol. The predicted octanol–water partition coefficient (Wildman–Crippen LogP) is 1.55. The molecule has 3 aliphatic rings. The zero-order chi connectivity index (χ0) is 16.3. The molecule has 0 bridgehead atoms. The minimum atomic E-state index is 0.0475. The third kappa shape index (κ3) is 2.26. The molecule has 4 heterocycles. The van der Waals surface area contributed by atoms with Crippen LogP contribution in [0.25, 0.3) is 0 Å². The van der Waals surface area contributed by atoms with E-state index in [0.29, 0.717) is 12.0 Å². The first-order valence-electron chi connectivity index (χ1n) is 8.34. The van der Waals surface area contributed by atoms with Crippen molar-refractivity contribution < 1.29 is 4.79 Å². The van der Waals surface area contributed by atoms with Gasteiger partial charge in [-0.1, -0.05) is 0 Å². The van der Waals surface area contributed by atoms with E-state index in [1.807, 2.05) is 17.9 Å². The number of urea groups is 1. The maximum Gasteiger partial charge on any atom is 0.324 e. The molecule has 0 N–H and O–H groups in total. The lowest BCUT2D eigenvalue weighted by molar-refractivity contribution is 0.229. The van der Waals surface area contributed by atoms with Crippen LogP contribution in [0.15, 0.2) is 12.4 Å². The molecular formula is C15H19N7OS. The van der Waals surface area contributed by atoms with Gasteiger partial charge in [0, 0.05) is 56.9 Å². The van der Waals surface area contributed by atoms with Crippen LogP contribution >= 0.6 is 11.5 Å². The molecule has 3 fully saturated rings. The average Bonchev–Trinajstić information content (AvgIpc) is 2.93. The van der Waals surface area contributed by atoms with Crippen LogP contribution in [0.3, 0.4) is 0 Å². The molecule has 2 saturated heterocycles. The number of aromatic nitrogens is 4. The van der Waals surface area contributed by atoms with Gasteiger partial charge in [0.25, 0.3) is 0 Å². The van der Waals surface area contributed by atoms with Crippen LogP contribution in [-0.4, -0.2) is 63.3 Å². The van der Waals surface area contributed by atoms with Gasteiger partial charge in [-0.3, -0.25) is 9.58 Å². The highest BCUT2D eigenvalue weighted by Crippen LogP contribution is 2.40. The largest absolute Gasteiger partial charge is 0.342 e. The number of anilines is 2. The Kier molecular flexibility index (Phi) is 3.06. The van der Waals surface area contributed by atoms with Crippen LogP contribution in [-0.2, 0) is 0 Å². The average molecular weight is 345 g/mol. The fourth-order valence-electron chi connectivity index (χ4n) is 3.19. The molecule has 1 aliphatic carbocycles. The number of rotatable bonds is 4. The van der Waals surface area contributed by atoms with E-state index >= 15 is 0 Å². The molecule has 9 heteroatoms. The molecule has 0 radical (unpaired) electrons. The second kappa shape index (κ2) is 5.17. The Hall–Kier alpha value is -2.16. The summed E-state index contributed by atoms with van der Waals surface area (Å²) in [5, 5.41) is 5.48. The van der Waals surface area contributed by atoms with Crippen LogP contribution in [0.2, 0.25) is 0 Å². The van der Waals surface area contributed by atoms with Crippen LogP contribution in [0.1, 0.15) is 30.6 Å². The summed E-state index contributed by atoms with van der Waals surface area (Å²) < 4.78 is 6.44. The van der Waals surface area contributed by atoms with Gasteiger partial charge in [-0.25, -0.2) is 9.78 Å². The molecule has 2 aliphatic heterocycles. The minimum Gasteiger partial charge on any atom is -0.342 e. The van der Waals surface area contributed by atoms with Gasteiger partial charge in [0.05, 0.1) is 17.9 Å². The summed E-state index contributed by atoms with van der Waals surface area (Å²) in [6.07, 6.45) is 6.24. The standard InChI is InChI=1S/C15H19N7OS/c1-19-4-5-21(15(19)23)11-6-16-22(9-11)12-7-20(8-12)14-17-13(18-24-14)10-2-3-10/h6,9-10,12H,2-5,7-8H2,1H3. The van der Waals surface area contributed by atoms with Gasteiger partial charge in [0.1, 0.15) is 5.82 Å². The molecule has 0 unspecified atom stereocenters. The molecule has 2 aromatic rings. The fraction of sp³-hybridized carbons (Fsp3) is 0.600. The van der Waals surface area contributed by atoms with Gasteiger partial charge < -0.3 is 9.80 Å². The number of carbonyl (C=O) groups is 1. The van der Waals surface area contributed by atoms with Crippen molar-refractivity contribution in [3.63, 3.8) is 0 Å². The zero-order valence-corrected chi connectivity index (χ0v) is 14.3. The molecule has 126 valence electrons. The van der Waals surface area contributed by atoms with Gasteiger partial charge in [-0.2, -0.15) is 9.47 Å². The summed E-state index contributed by atoms with van der Waals surface area (Å²) in [4.78, 5) is 22.5. The molecule has 1 saturated carbocycles. The fourth-order valence-corrected chi connectivity index (χ4v) is 3.96. The van der Waals surface area contributed by atoms with Crippen molar-refractivity contribution in [2.45, 2.75) is 24.8 Å². The third-order valence-electron chi connectivity index (χ3n) is 5.00. The molecule has 5 rings (SSSR count). The zero-order valence-electron chi connectivity index (χ0n) is 13.5. The first-order chi connectivity index (χ1) is 11.7. The highest BCUT2D eigenvalue weighted by molar-refractivity contribution is 7.09. The van der Waals surface area contributed by atoms with Crippen molar-refractivity contribution in [2.24, 2.45) is 0 Å². The lowest BCUT2D eigenvalue weighted by atomic mass is 10.1. The van der Waals surface area contributed by atoms with Crippen molar-refractivity contribution in [3.8, 4) is 0 Å². The van der Waals surface area contributed by atoms with Gasteiger partial charge in [-0.05, 0) is 12.8 Å². The Balaban J connectivity index is 1.24. The van der Waals surface area contributed by atoms with E-state index in [-0.39, 0.29) is 6.03 Å². The van der Waals surface area contributed by atoms with E-state index in [9.17, 15) is 4.79 Å². The maximum absolute atomic E-state index is 12.1. The minimum absolute atomic E-state index is 0.0475. The highest BCUT2D eigenvalue weighted by Gasteiger charge is 2.34. The van der Waals surface area contributed by atoms with Crippen molar-refractivity contribution in [1.82, 2.24) is 24.0 Å². The summed E-state index contributed by atoms with van der Waals surface area (Å²) in [6.45, 7) is 3.29. The van der Waals surface area contributed by atoms with Gasteiger partial charge in [0.15, 0.2) is 0 Å². The second-order valence-corrected chi connectivity index (χ2v) is 7.53. The number of likely N-dealkylation sites (N-methyl/N-ethyl adjacent to an activating group) is 1. The lowest BCUT2D eigenvalue weighted by Crippen LogP contribution is -2.48. The number of nitrogens with zero attached hydrogens (tertiary/aromatic N) is 7. The first-order valence-corrected chi connectivity index (χ1v) is 9.12. The van der Waals surface area contributed by atoms with Crippen molar-refractivity contribution in [2.75, 3.05) is 43.0 Å². The number of carbonyl (C=O) groups excluding carboxylic acids is 1. The molecule has 24 heavy (non-hydrogen) atoms. The SMILES string of the molecule is CN1CCN(c2cnn(C3CN(c4nc(C5CC5)ns4)C3)c2)C1=O. The number of amides is 2. The van der Waals surface area contributed by atoms with Crippen LogP contribution in [0, 0.1) is 0 Å². The molecular weight excluding hydrogens is 326 g/mol. The third-order valence-corrected chi connectivity index (χ3v) is 5.79. The molecule has 8 nitrogen and oxygen atoms in total. The molecule has 2 amide bonds. The number of hydrogen-bond acceptors (Lipinski definition) is 6. The molecule has 2 aromatic heterocycles. The summed E-state index contributed by atoms with van der Waals surface area (Å²) >= 11 is 1.50. The normalized spacial score (nSPS) is 21.7. The summed E-state index contributed by atoms with van der Waals surface area (Å²) in [5.74, 6) is 1.63. The van der Waals surface area contributed by atoms with E-state index in [0.717, 1.165) is 42.8 Å². The van der Waals surface area contributed by atoms with Crippen LogP contribution in [0.4, 0.5) is 15.6 Å². The summed E-state index contributed by atoms with van der Waals surface area (Å²) in [6, 6.07) is 0.383. The first kappa shape index (κ1) is 14.2. The second-order valence-electron chi connectivity index (χ2n) is 6.80. The van der Waals surface area contributed by atoms with E-state index < -0.39 is 0 Å². The topological polar surface area (TPSA) is 70.4 Å².